The molecular weight excluding hydrogens is 251 g/mol. The minimum absolute atomic E-state index is 0.257. The van der Waals surface area contributed by atoms with Gasteiger partial charge in [-0.25, -0.2) is 4.39 Å². The number of rotatable bonds is 3. The highest BCUT2D eigenvalue weighted by Crippen LogP contribution is 2.25. The Bertz CT molecular complexity index is 688. The molecule has 92 valence electrons. The van der Waals surface area contributed by atoms with Crippen LogP contribution in [0, 0.1) is 5.82 Å². The van der Waals surface area contributed by atoms with Crippen molar-refractivity contribution in [2.45, 2.75) is 19.8 Å². The summed E-state index contributed by atoms with van der Waals surface area (Å²) in [4.78, 5) is 0.748. The topological polar surface area (TPSA) is 43.1 Å². The van der Waals surface area contributed by atoms with Gasteiger partial charge in [0.25, 0.3) is 0 Å². The van der Waals surface area contributed by atoms with Gasteiger partial charge in [0.1, 0.15) is 10.8 Å². The van der Waals surface area contributed by atoms with Gasteiger partial charge in [-0.3, -0.25) is 0 Å². The van der Waals surface area contributed by atoms with Crippen LogP contribution in [-0.4, -0.2) is 19.8 Å². The lowest BCUT2D eigenvalue weighted by molar-refractivity contribution is 0.628. The van der Waals surface area contributed by atoms with E-state index in [1.165, 1.54) is 23.5 Å². The van der Waals surface area contributed by atoms with Gasteiger partial charge < -0.3 is 0 Å². The summed E-state index contributed by atoms with van der Waals surface area (Å²) in [6.45, 7) is 2.08. The summed E-state index contributed by atoms with van der Waals surface area (Å²) in [5, 5.41) is 13.4. The van der Waals surface area contributed by atoms with Crippen LogP contribution < -0.4 is 0 Å². The van der Waals surface area contributed by atoms with Crippen molar-refractivity contribution >= 4 is 16.3 Å². The molecular formula is C12H11FN4S. The predicted octanol–water partition coefficient (Wildman–Crippen LogP) is 2.94. The SMILES string of the molecule is CCCc1nnc2sc(-c3cccc(F)c3)nn12. The fraction of sp³-hybridized carbons (Fsp3) is 0.250. The van der Waals surface area contributed by atoms with Crippen LogP contribution in [0.3, 0.4) is 0 Å². The molecule has 0 spiro atoms. The molecule has 0 saturated heterocycles. The van der Waals surface area contributed by atoms with Crippen molar-refractivity contribution in [3.63, 3.8) is 0 Å². The van der Waals surface area contributed by atoms with E-state index in [9.17, 15) is 4.39 Å². The van der Waals surface area contributed by atoms with E-state index < -0.39 is 0 Å². The minimum Gasteiger partial charge on any atom is -0.207 e. The molecule has 2 heterocycles. The zero-order valence-electron chi connectivity index (χ0n) is 9.80. The number of fused-ring (bicyclic) bond motifs is 1. The molecule has 2 aromatic heterocycles. The van der Waals surface area contributed by atoms with Crippen molar-refractivity contribution in [1.29, 1.82) is 0 Å². The third-order valence-corrected chi connectivity index (χ3v) is 3.55. The minimum atomic E-state index is -0.257. The first-order valence-electron chi connectivity index (χ1n) is 5.75. The Morgan fingerprint density at radius 3 is 3.00 bits per heavy atom. The molecule has 3 rings (SSSR count). The lowest BCUT2D eigenvalue weighted by Gasteiger charge is -1.95. The van der Waals surface area contributed by atoms with Crippen LogP contribution in [0.1, 0.15) is 19.2 Å². The van der Waals surface area contributed by atoms with Crippen molar-refractivity contribution in [3.05, 3.63) is 35.9 Å². The Kier molecular flexibility index (Phi) is 2.79. The molecule has 0 unspecified atom stereocenters. The Morgan fingerprint density at radius 1 is 1.33 bits per heavy atom. The van der Waals surface area contributed by atoms with Gasteiger partial charge in [-0.2, -0.15) is 9.61 Å². The zero-order chi connectivity index (χ0) is 12.5. The molecule has 0 radical (unpaired) electrons. The third kappa shape index (κ3) is 1.88. The van der Waals surface area contributed by atoms with Gasteiger partial charge in [-0.05, 0) is 18.6 Å². The molecule has 0 aliphatic rings. The number of hydrogen-bond acceptors (Lipinski definition) is 4. The van der Waals surface area contributed by atoms with Crippen LogP contribution in [-0.2, 0) is 6.42 Å². The van der Waals surface area contributed by atoms with Crippen LogP contribution >= 0.6 is 11.3 Å². The quantitative estimate of drug-likeness (QED) is 0.729. The number of halogens is 1. The van der Waals surface area contributed by atoms with Crippen LogP contribution in [0.25, 0.3) is 15.5 Å². The van der Waals surface area contributed by atoms with Crippen LogP contribution in [0.15, 0.2) is 24.3 Å². The van der Waals surface area contributed by atoms with Crippen molar-refractivity contribution in [2.24, 2.45) is 0 Å². The Labute approximate surface area is 107 Å². The van der Waals surface area contributed by atoms with Crippen molar-refractivity contribution in [1.82, 2.24) is 19.8 Å². The molecule has 0 N–H and O–H groups in total. The van der Waals surface area contributed by atoms with Gasteiger partial charge in [0.2, 0.25) is 4.96 Å². The van der Waals surface area contributed by atoms with Crippen molar-refractivity contribution in [3.8, 4) is 10.6 Å². The van der Waals surface area contributed by atoms with Crippen molar-refractivity contribution in [2.75, 3.05) is 0 Å². The second-order valence-corrected chi connectivity index (χ2v) is 4.93. The Morgan fingerprint density at radius 2 is 2.22 bits per heavy atom. The van der Waals surface area contributed by atoms with E-state index in [0.717, 1.165) is 34.2 Å². The summed E-state index contributed by atoms with van der Waals surface area (Å²) in [6, 6.07) is 6.42. The van der Waals surface area contributed by atoms with Gasteiger partial charge in [-0.15, -0.1) is 10.2 Å². The average molecular weight is 262 g/mol. The molecule has 1 aromatic carbocycles. The number of hydrogen-bond donors (Lipinski definition) is 0. The van der Waals surface area contributed by atoms with E-state index in [-0.39, 0.29) is 5.82 Å². The second kappa shape index (κ2) is 4.45. The average Bonchev–Trinajstić information content (AvgIpc) is 2.92. The molecule has 4 nitrogen and oxygen atoms in total. The first kappa shape index (κ1) is 11.3. The normalized spacial score (nSPS) is 11.2. The molecule has 0 amide bonds. The highest BCUT2D eigenvalue weighted by atomic mass is 32.1. The van der Waals surface area contributed by atoms with E-state index in [2.05, 4.69) is 22.2 Å². The van der Waals surface area contributed by atoms with E-state index in [1.54, 1.807) is 10.6 Å². The third-order valence-electron chi connectivity index (χ3n) is 2.60. The standard InChI is InChI=1S/C12H11FN4S/c1-2-4-10-14-15-12-17(10)16-11(18-12)8-5-3-6-9(13)7-8/h3,5-7H,2,4H2,1H3. The molecule has 0 aliphatic carbocycles. The van der Waals surface area contributed by atoms with Gasteiger partial charge in [-0.1, -0.05) is 30.4 Å². The zero-order valence-corrected chi connectivity index (χ0v) is 10.6. The maximum Gasteiger partial charge on any atom is 0.234 e. The van der Waals surface area contributed by atoms with Crippen LogP contribution in [0.4, 0.5) is 4.39 Å². The van der Waals surface area contributed by atoms with E-state index in [1.807, 2.05) is 6.07 Å². The fourth-order valence-corrected chi connectivity index (χ4v) is 2.63. The number of benzene rings is 1. The van der Waals surface area contributed by atoms with Gasteiger partial charge >= 0.3 is 0 Å². The summed E-state index contributed by atoms with van der Waals surface area (Å²) in [5.41, 5.74) is 0.771. The molecule has 0 atom stereocenters. The summed E-state index contributed by atoms with van der Waals surface area (Å²) >= 11 is 1.42. The van der Waals surface area contributed by atoms with E-state index in [4.69, 9.17) is 0 Å². The second-order valence-electron chi connectivity index (χ2n) is 3.98. The van der Waals surface area contributed by atoms with Crippen LogP contribution in [0.2, 0.25) is 0 Å². The highest BCUT2D eigenvalue weighted by molar-refractivity contribution is 7.19. The number of nitrogens with zero attached hydrogens (tertiary/aromatic N) is 4. The lowest BCUT2D eigenvalue weighted by atomic mass is 10.2. The molecule has 0 aliphatic heterocycles. The summed E-state index contributed by atoms with van der Waals surface area (Å²) in [5.74, 6) is 0.596. The van der Waals surface area contributed by atoms with Crippen molar-refractivity contribution < 1.29 is 4.39 Å². The maximum atomic E-state index is 13.2. The fourth-order valence-electron chi connectivity index (χ4n) is 1.78. The molecule has 6 heteroatoms. The summed E-state index contributed by atoms with van der Waals surface area (Å²) in [7, 11) is 0. The first-order valence-corrected chi connectivity index (χ1v) is 6.56. The molecule has 3 aromatic rings. The first-order chi connectivity index (χ1) is 8.78. The number of aromatic nitrogens is 4. The summed E-state index contributed by atoms with van der Waals surface area (Å²) < 4.78 is 14.9. The largest absolute Gasteiger partial charge is 0.234 e. The van der Waals surface area contributed by atoms with E-state index in [0.29, 0.717) is 0 Å². The monoisotopic (exact) mass is 262 g/mol. The van der Waals surface area contributed by atoms with E-state index >= 15 is 0 Å². The van der Waals surface area contributed by atoms with Gasteiger partial charge in [0.05, 0.1) is 0 Å². The molecule has 0 fully saturated rings. The van der Waals surface area contributed by atoms with Crippen LogP contribution in [0.5, 0.6) is 0 Å². The summed E-state index contributed by atoms with van der Waals surface area (Å²) in [6.07, 6.45) is 1.83. The Hall–Kier alpha value is -1.82. The van der Waals surface area contributed by atoms with Gasteiger partial charge in [0, 0.05) is 12.0 Å². The number of aryl methyl sites for hydroxylation is 1. The smallest absolute Gasteiger partial charge is 0.207 e. The maximum absolute atomic E-state index is 13.2. The predicted molar refractivity (Wildman–Crippen MR) is 68.0 cm³/mol. The molecule has 0 bridgehead atoms. The highest BCUT2D eigenvalue weighted by Gasteiger charge is 2.12. The lowest BCUT2D eigenvalue weighted by Crippen LogP contribution is -1.95. The molecule has 0 saturated carbocycles. The van der Waals surface area contributed by atoms with Gasteiger partial charge in [0.15, 0.2) is 5.82 Å². The molecule has 18 heavy (non-hydrogen) atoms. The Balaban J connectivity index is 2.08.